The standard InChI is InChI=1S/C14H16BClN2O2/c1-13(2)14(3,4)20-15(19-13)11-9-7-5-6-8-10(9)17-12(16)18-11/h5-8H,1-4H3. The van der Waals surface area contributed by atoms with Crippen LogP contribution in [0, 0.1) is 0 Å². The molecule has 0 amide bonds. The van der Waals surface area contributed by atoms with E-state index < -0.39 is 18.3 Å². The molecule has 1 aliphatic heterocycles. The molecule has 0 atom stereocenters. The van der Waals surface area contributed by atoms with E-state index in [-0.39, 0.29) is 5.28 Å². The second-order valence-corrected chi connectivity index (χ2v) is 6.32. The Labute approximate surface area is 123 Å². The van der Waals surface area contributed by atoms with E-state index in [0.29, 0.717) is 5.59 Å². The first-order valence-electron chi connectivity index (χ1n) is 6.58. The maximum atomic E-state index is 6.04. The smallest absolute Gasteiger partial charge is 0.398 e. The summed E-state index contributed by atoms with van der Waals surface area (Å²) in [5.41, 5.74) is 0.656. The Kier molecular flexibility index (Phi) is 3.05. The number of para-hydroxylation sites is 1. The third-order valence-electron chi connectivity index (χ3n) is 4.08. The Bertz CT molecular complexity index is 659. The van der Waals surface area contributed by atoms with Gasteiger partial charge in [0.1, 0.15) is 0 Å². The Morgan fingerprint density at radius 2 is 1.60 bits per heavy atom. The average molecular weight is 291 g/mol. The molecule has 0 N–H and O–H groups in total. The van der Waals surface area contributed by atoms with Gasteiger partial charge in [-0.25, -0.2) is 9.97 Å². The zero-order chi connectivity index (χ0) is 14.5. The molecule has 0 aliphatic carbocycles. The van der Waals surface area contributed by atoms with Gasteiger partial charge >= 0.3 is 7.12 Å². The Hall–Kier alpha value is -1.17. The van der Waals surface area contributed by atoms with Crippen LogP contribution in [0.15, 0.2) is 24.3 Å². The number of rotatable bonds is 1. The molecule has 4 nitrogen and oxygen atoms in total. The summed E-state index contributed by atoms with van der Waals surface area (Å²) >= 11 is 6.01. The molecule has 20 heavy (non-hydrogen) atoms. The molecule has 6 heteroatoms. The summed E-state index contributed by atoms with van der Waals surface area (Å²) < 4.78 is 12.1. The van der Waals surface area contributed by atoms with Gasteiger partial charge in [-0.15, -0.1) is 0 Å². The predicted octanol–water partition coefficient (Wildman–Crippen LogP) is 2.58. The number of nitrogens with zero attached hydrogens (tertiary/aromatic N) is 2. The fourth-order valence-corrected chi connectivity index (χ4v) is 2.39. The molecular weight excluding hydrogens is 274 g/mol. The molecule has 1 saturated heterocycles. The van der Waals surface area contributed by atoms with Gasteiger partial charge in [0.15, 0.2) is 0 Å². The maximum Gasteiger partial charge on any atom is 0.515 e. The lowest BCUT2D eigenvalue weighted by molar-refractivity contribution is 0.00578. The zero-order valence-corrected chi connectivity index (χ0v) is 12.7. The Balaban J connectivity index is 2.12. The summed E-state index contributed by atoms with van der Waals surface area (Å²) in [5, 5.41) is 1.10. The topological polar surface area (TPSA) is 44.2 Å². The minimum absolute atomic E-state index is 0.202. The van der Waals surface area contributed by atoms with Crippen LogP contribution in [0.2, 0.25) is 5.28 Å². The van der Waals surface area contributed by atoms with E-state index in [2.05, 4.69) is 9.97 Å². The van der Waals surface area contributed by atoms with E-state index >= 15 is 0 Å². The molecule has 1 fully saturated rings. The second kappa shape index (κ2) is 4.42. The van der Waals surface area contributed by atoms with Crippen molar-refractivity contribution in [3.63, 3.8) is 0 Å². The molecule has 104 valence electrons. The lowest BCUT2D eigenvalue weighted by Crippen LogP contribution is -2.41. The van der Waals surface area contributed by atoms with Crippen LogP contribution in [0.25, 0.3) is 10.9 Å². The van der Waals surface area contributed by atoms with Gasteiger partial charge in [0, 0.05) is 5.39 Å². The van der Waals surface area contributed by atoms with E-state index in [1.807, 2.05) is 52.0 Å². The van der Waals surface area contributed by atoms with Crippen LogP contribution in [0.4, 0.5) is 0 Å². The highest BCUT2D eigenvalue weighted by molar-refractivity contribution is 6.64. The summed E-state index contributed by atoms with van der Waals surface area (Å²) in [5.74, 6) is 0. The number of hydrogen-bond donors (Lipinski definition) is 0. The third-order valence-corrected chi connectivity index (χ3v) is 4.25. The van der Waals surface area contributed by atoms with Crippen LogP contribution in [0.1, 0.15) is 27.7 Å². The molecule has 2 heterocycles. The summed E-state index contributed by atoms with van der Waals surface area (Å²) in [6, 6.07) is 7.71. The number of halogens is 1. The van der Waals surface area contributed by atoms with Crippen LogP contribution >= 0.6 is 11.6 Å². The first kappa shape index (κ1) is 13.8. The summed E-state index contributed by atoms with van der Waals surface area (Å²) in [6.45, 7) is 8.05. The van der Waals surface area contributed by atoms with Gasteiger partial charge < -0.3 is 9.31 Å². The van der Waals surface area contributed by atoms with Crippen LogP contribution in [-0.2, 0) is 9.31 Å². The molecule has 1 aromatic carbocycles. The van der Waals surface area contributed by atoms with Crippen molar-refractivity contribution in [1.29, 1.82) is 0 Å². The lowest BCUT2D eigenvalue weighted by atomic mass is 9.82. The number of hydrogen-bond acceptors (Lipinski definition) is 4. The summed E-state index contributed by atoms with van der Waals surface area (Å²) in [4.78, 5) is 8.54. The maximum absolute atomic E-state index is 6.04. The molecule has 2 aromatic rings. The van der Waals surface area contributed by atoms with Crippen molar-refractivity contribution in [2.75, 3.05) is 0 Å². The van der Waals surface area contributed by atoms with Gasteiger partial charge in [-0.3, -0.25) is 0 Å². The highest BCUT2D eigenvalue weighted by Gasteiger charge is 2.52. The number of aromatic nitrogens is 2. The third kappa shape index (κ3) is 2.10. The van der Waals surface area contributed by atoms with Crippen LogP contribution < -0.4 is 5.59 Å². The molecule has 0 spiro atoms. The average Bonchev–Trinajstić information content (AvgIpc) is 2.57. The first-order chi connectivity index (χ1) is 9.30. The monoisotopic (exact) mass is 290 g/mol. The van der Waals surface area contributed by atoms with Crippen molar-refractivity contribution in [2.24, 2.45) is 0 Å². The molecule has 1 aliphatic rings. The minimum Gasteiger partial charge on any atom is -0.398 e. The van der Waals surface area contributed by atoms with Crippen molar-refractivity contribution in [1.82, 2.24) is 9.97 Å². The van der Waals surface area contributed by atoms with Gasteiger partial charge in [0.05, 0.1) is 22.3 Å². The van der Waals surface area contributed by atoms with Gasteiger partial charge in [0.25, 0.3) is 0 Å². The minimum atomic E-state index is -0.537. The van der Waals surface area contributed by atoms with Crippen molar-refractivity contribution < 1.29 is 9.31 Å². The van der Waals surface area contributed by atoms with Gasteiger partial charge in [-0.05, 0) is 45.4 Å². The van der Waals surface area contributed by atoms with E-state index in [0.717, 1.165) is 10.9 Å². The van der Waals surface area contributed by atoms with Crippen molar-refractivity contribution in [2.45, 2.75) is 38.9 Å². The van der Waals surface area contributed by atoms with E-state index in [9.17, 15) is 0 Å². The SMILES string of the molecule is CC1(C)OB(c2nc(Cl)nc3ccccc23)OC1(C)C. The largest absolute Gasteiger partial charge is 0.515 e. The molecular formula is C14H16BClN2O2. The van der Waals surface area contributed by atoms with Crippen molar-refractivity contribution in [3.8, 4) is 0 Å². The summed E-state index contributed by atoms with van der Waals surface area (Å²) in [6.07, 6.45) is 0. The second-order valence-electron chi connectivity index (χ2n) is 5.98. The van der Waals surface area contributed by atoms with Gasteiger partial charge in [0.2, 0.25) is 5.28 Å². The van der Waals surface area contributed by atoms with E-state index in [4.69, 9.17) is 20.9 Å². The first-order valence-corrected chi connectivity index (χ1v) is 6.96. The molecule has 1 aromatic heterocycles. The molecule has 0 bridgehead atoms. The van der Waals surface area contributed by atoms with Gasteiger partial charge in [-0.2, -0.15) is 0 Å². The molecule has 3 rings (SSSR count). The number of benzene rings is 1. The number of fused-ring (bicyclic) bond motifs is 1. The normalized spacial score (nSPS) is 20.6. The van der Waals surface area contributed by atoms with Gasteiger partial charge in [-0.1, -0.05) is 18.2 Å². The highest BCUT2D eigenvalue weighted by atomic mass is 35.5. The van der Waals surface area contributed by atoms with Crippen molar-refractivity contribution in [3.05, 3.63) is 29.5 Å². The van der Waals surface area contributed by atoms with E-state index in [1.54, 1.807) is 0 Å². The van der Waals surface area contributed by atoms with Crippen LogP contribution in [0.5, 0.6) is 0 Å². The Morgan fingerprint density at radius 3 is 2.25 bits per heavy atom. The fourth-order valence-electron chi connectivity index (χ4n) is 2.21. The Morgan fingerprint density at radius 1 is 1.00 bits per heavy atom. The van der Waals surface area contributed by atoms with Crippen LogP contribution in [-0.4, -0.2) is 28.3 Å². The quantitative estimate of drug-likeness (QED) is 0.598. The fraction of sp³-hybridized carbons (Fsp3) is 0.429. The summed E-state index contributed by atoms with van der Waals surface area (Å²) in [7, 11) is -0.537. The molecule has 0 unspecified atom stereocenters. The van der Waals surface area contributed by atoms with Crippen molar-refractivity contribution >= 4 is 35.2 Å². The van der Waals surface area contributed by atoms with Crippen LogP contribution in [0.3, 0.4) is 0 Å². The lowest BCUT2D eigenvalue weighted by Gasteiger charge is -2.32. The molecule has 0 radical (unpaired) electrons. The van der Waals surface area contributed by atoms with E-state index in [1.165, 1.54) is 0 Å². The zero-order valence-electron chi connectivity index (χ0n) is 12.0. The highest BCUT2D eigenvalue weighted by Crippen LogP contribution is 2.36. The molecule has 0 saturated carbocycles. The predicted molar refractivity (Wildman–Crippen MR) is 80.3 cm³/mol.